The van der Waals surface area contributed by atoms with Crippen LogP contribution < -0.4 is 5.32 Å². The first kappa shape index (κ1) is 14.3. The van der Waals surface area contributed by atoms with Gasteiger partial charge in [0.2, 0.25) is 5.28 Å². The van der Waals surface area contributed by atoms with Crippen LogP contribution in [0.2, 0.25) is 5.28 Å². The van der Waals surface area contributed by atoms with Gasteiger partial charge >= 0.3 is 0 Å². The standard InChI is InChI=1S/C14H16ClN5S/c1-9-8-10(2)20(19-9)6-3-5-16-12-11-4-7-21-13(11)18-14(15)17-12/h4,7-8H,3,5-6H2,1-2H3,(H,16,17,18). The molecular formula is C14H16ClN5S. The highest BCUT2D eigenvalue weighted by Gasteiger charge is 2.07. The van der Waals surface area contributed by atoms with Gasteiger partial charge in [-0.15, -0.1) is 11.3 Å². The monoisotopic (exact) mass is 321 g/mol. The molecule has 0 saturated carbocycles. The summed E-state index contributed by atoms with van der Waals surface area (Å²) in [6.07, 6.45) is 0.967. The van der Waals surface area contributed by atoms with Crippen LogP contribution in [-0.2, 0) is 6.54 Å². The highest BCUT2D eigenvalue weighted by atomic mass is 35.5. The number of halogens is 1. The van der Waals surface area contributed by atoms with Crippen molar-refractivity contribution in [2.24, 2.45) is 0 Å². The summed E-state index contributed by atoms with van der Waals surface area (Å²) in [6.45, 7) is 5.79. The molecule has 3 heterocycles. The van der Waals surface area contributed by atoms with Crippen LogP contribution >= 0.6 is 22.9 Å². The lowest BCUT2D eigenvalue weighted by Crippen LogP contribution is -2.10. The van der Waals surface area contributed by atoms with E-state index in [1.54, 1.807) is 11.3 Å². The van der Waals surface area contributed by atoms with E-state index >= 15 is 0 Å². The molecule has 3 aromatic heterocycles. The number of thiophene rings is 1. The van der Waals surface area contributed by atoms with Crippen LogP contribution in [0.15, 0.2) is 17.5 Å². The first-order valence-electron chi connectivity index (χ1n) is 6.79. The number of nitrogens with zero attached hydrogens (tertiary/aromatic N) is 4. The highest BCUT2D eigenvalue weighted by molar-refractivity contribution is 7.16. The zero-order chi connectivity index (χ0) is 14.8. The maximum atomic E-state index is 5.94. The topological polar surface area (TPSA) is 55.6 Å². The second kappa shape index (κ2) is 5.99. The fourth-order valence-corrected chi connectivity index (χ4v) is 3.28. The van der Waals surface area contributed by atoms with Crippen molar-refractivity contribution in [2.45, 2.75) is 26.8 Å². The van der Waals surface area contributed by atoms with Gasteiger partial charge in [0.15, 0.2) is 0 Å². The van der Waals surface area contributed by atoms with Crippen LogP contribution in [0, 0.1) is 13.8 Å². The smallest absolute Gasteiger partial charge is 0.225 e. The van der Waals surface area contributed by atoms with E-state index in [1.807, 2.05) is 23.1 Å². The van der Waals surface area contributed by atoms with Crippen LogP contribution in [0.4, 0.5) is 5.82 Å². The Bertz CT molecular complexity index is 764. The van der Waals surface area contributed by atoms with Crippen molar-refractivity contribution in [3.63, 3.8) is 0 Å². The molecule has 3 rings (SSSR count). The van der Waals surface area contributed by atoms with Gasteiger partial charge < -0.3 is 5.32 Å². The number of rotatable bonds is 5. The third-order valence-electron chi connectivity index (χ3n) is 3.24. The molecule has 3 aromatic rings. The summed E-state index contributed by atoms with van der Waals surface area (Å²) in [7, 11) is 0. The van der Waals surface area contributed by atoms with Crippen molar-refractivity contribution >= 4 is 39.0 Å². The average molecular weight is 322 g/mol. The van der Waals surface area contributed by atoms with Crippen LogP contribution in [0.5, 0.6) is 0 Å². The van der Waals surface area contributed by atoms with Crippen molar-refractivity contribution in [3.05, 3.63) is 34.2 Å². The van der Waals surface area contributed by atoms with E-state index in [2.05, 4.69) is 33.4 Å². The molecule has 0 aliphatic carbocycles. The van der Waals surface area contributed by atoms with E-state index in [0.717, 1.165) is 41.2 Å². The SMILES string of the molecule is Cc1cc(C)n(CCCNc2nc(Cl)nc3sccc23)n1. The summed E-state index contributed by atoms with van der Waals surface area (Å²) in [4.78, 5) is 9.39. The van der Waals surface area contributed by atoms with Crippen LogP contribution in [0.25, 0.3) is 10.2 Å². The fourth-order valence-electron chi connectivity index (χ4n) is 2.30. The third kappa shape index (κ3) is 3.16. The van der Waals surface area contributed by atoms with Crippen LogP contribution in [0.3, 0.4) is 0 Å². The zero-order valence-electron chi connectivity index (χ0n) is 11.9. The normalized spacial score (nSPS) is 11.2. The first-order valence-corrected chi connectivity index (χ1v) is 8.05. The van der Waals surface area contributed by atoms with Crippen LogP contribution in [-0.4, -0.2) is 26.3 Å². The van der Waals surface area contributed by atoms with E-state index in [1.165, 1.54) is 5.69 Å². The maximum Gasteiger partial charge on any atom is 0.225 e. The molecule has 1 N–H and O–H groups in total. The van der Waals surface area contributed by atoms with Gasteiger partial charge in [-0.3, -0.25) is 4.68 Å². The van der Waals surface area contributed by atoms with E-state index in [9.17, 15) is 0 Å². The van der Waals surface area contributed by atoms with Crippen molar-refractivity contribution in [2.75, 3.05) is 11.9 Å². The van der Waals surface area contributed by atoms with Crippen molar-refractivity contribution in [3.8, 4) is 0 Å². The van der Waals surface area contributed by atoms with Gasteiger partial charge in [-0.2, -0.15) is 5.10 Å². The Balaban J connectivity index is 1.62. The number of anilines is 1. The molecule has 0 radical (unpaired) electrons. The summed E-state index contributed by atoms with van der Waals surface area (Å²) in [6, 6.07) is 4.10. The van der Waals surface area contributed by atoms with Gasteiger partial charge in [-0.05, 0) is 49.4 Å². The molecule has 0 saturated heterocycles. The third-order valence-corrected chi connectivity index (χ3v) is 4.22. The highest BCUT2D eigenvalue weighted by Crippen LogP contribution is 2.26. The summed E-state index contributed by atoms with van der Waals surface area (Å²) < 4.78 is 2.03. The molecule has 5 nitrogen and oxygen atoms in total. The lowest BCUT2D eigenvalue weighted by atomic mass is 10.3. The van der Waals surface area contributed by atoms with Gasteiger partial charge in [0.1, 0.15) is 10.6 Å². The minimum absolute atomic E-state index is 0.283. The predicted octanol–water partition coefficient (Wildman–Crippen LogP) is 3.66. The molecule has 0 aromatic carbocycles. The van der Waals surface area contributed by atoms with Gasteiger partial charge in [0.05, 0.1) is 11.1 Å². The zero-order valence-corrected chi connectivity index (χ0v) is 13.5. The number of aryl methyl sites for hydroxylation is 3. The molecule has 0 bridgehead atoms. The molecule has 0 aliphatic rings. The molecule has 7 heteroatoms. The Labute approximate surface area is 132 Å². The minimum Gasteiger partial charge on any atom is -0.369 e. The van der Waals surface area contributed by atoms with Crippen molar-refractivity contribution < 1.29 is 0 Å². The Morgan fingerprint density at radius 3 is 2.95 bits per heavy atom. The number of hydrogen-bond donors (Lipinski definition) is 1. The Hall–Kier alpha value is -1.66. The Morgan fingerprint density at radius 1 is 1.33 bits per heavy atom. The molecule has 0 aliphatic heterocycles. The summed E-state index contributed by atoms with van der Waals surface area (Å²) in [5, 5.41) is 11.1. The lowest BCUT2D eigenvalue weighted by Gasteiger charge is -2.08. The molecular weight excluding hydrogens is 306 g/mol. The second-order valence-electron chi connectivity index (χ2n) is 4.91. The largest absolute Gasteiger partial charge is 0.369 e. The quantitative estimate of drug-likeness (QED) is 0.575. The first-order chi connectivity index (χ1) is 10.1. The molecule has 0 unspecified atom stereocenters. The van der Waals surface area contributed by atoms with E-state index in [4.69, 9.17) is 11.6 Å². The van der Waals surface area contributed by atoms with Gasteiger partial charge in [0.25, 0.3) is 0 Å². The van der Waals surface area contributed by atoms with Gasteiger partial charge in [0, 0.05) is 18.8 Å². The molecule has 0 fully saturated rings. The lowest BCUT2D eigenvalue weighted by molar-refractivity contribution is 0.573. The minimum atomic E-state index is 0.283. The van der Waals surface area contributed by atoms with Crippen molar-refractivity contribution in [1.29, 1.82) is 0 Å². The number of aromatic nitrogens is 4. The molecule has 21 heavy (non-hydrogen) atoms. The summed E-state index contributed by atoms with van der Waals surface area (Å²) in [5.74, 6) is 0.805. The number of hydrogen-bond acceptors (Lipinski definition) is 5. The summed E-state index contributed by atoms with van der Waals surface area (Å²) in [5.41, 5.74) is 2.25. The van der Waals surface area contributed by atoms with Crippen molar-refractivity contribution in [1.82, 2.24) is 19.7 Å². The van der Waals surface area contributed by atoms with Crippen LogP contribution in [0.1, 0.15) is 17.8 Å². The average Bonchev–Trinajstić information content (AvgIpc) is 3.01. The Kier molecular flexibility index (Phi) is 4.07. The predicted molar refractivity (Wildman–Crippen MR) is 87.2 cm³/mol. The number of fused-ring (bicyclic) bond motifs is 1. The van der Waals surface area contributed by atoms with Gasteiger partial charge in [-0.1, -0.05) is 0 Å². The molecule has 110 valence electrons. The summed E-state index contributed by atoms with van der Waals surface area (Å²) >= 11 is 7.51. The fraction of sp³-hybridized carbons (Fsp3) is 0.357. The van der Waals surface area contributed by atoms with E-state index in [0.29, 0.717) is 0 Å². The van der Waals surface area contributed by atoms with E-state index < -0.39 is 0 Å². The van der Waals surface area contributed by atoms with E-state index in [-0.39, 0.29) is 5.28 Å². The maximum absolute atomic E-state index is 5.94. The second-order valence-corrected chi connectivity index (χ2v) is 6.14. The number of nitrogens with one attached hydrogen (secondary N) is 1. The molecule has 0 spiro atoms. The molecule has 0 atom stereocenters. The Morgan fingerprint density at radius 2 is 2.19 bits per heavy atom. The van der Waals surface area contributed by atoms with Gasteiger partial charge in [-0.25, -0.2) is 9.97 Å². The molecule has 0 amide bonds.